The number of carbonyl (C=O) groups is 3. The molecule has 0 amide bonds. The number of rotatable bonds is 4. The van der Waals surface area contributed by atoms with Gasteiger partial charge in [0, 0.05) is 33.0 Å². The normalized spacial score (nSPS) is 25.2. The molecule has 0 bridgehead atoms. The van der Waals surface area contributed by atoms with E-state index in [-0.39, 0.29) is 0 Å². The van der Waals surface area contributed by atoms with E-state index in [1.807, 2.05) is 4.98 Å². The standard InChI is InChI=1S/C14H16N2O9/c1-6(17)22-10-11(23-7(2)18)13(24-8(3)19)25-12(10)16-5-4-9(20)15-14(16)21/h4-5,10-13H,1-3H3,(H,15,20,21)/t10-,11+,12-,13+/m1/s1. The lowest BCUT2D eigenvalue weighted by Crippen LogP contribution is -2.42. The van der Waals surface area contributed by atoms with Crippen LogP contribution in [0.2, 0.25) is 0 Å². The first kappa shape index (κ1) is 18.4. The fraction of sp³-hybridized carbons (Fsp3) is 0.500. The second kappa shape index (κ2) is 7.30. The van der Waals surface area contributed by atoms with Crippen LogP contribution < -0.4 is 11.2 Å². The van der Waals surface area contributed by atoms with Gasteiger partial charge in [-0.3, -0.25) is 28.7 Å². The molecule has 2 heterocycles. The summed E-state index contributed by atoms with van der Waals surface area (Å²) >= 11 is 0. The second-order valence-electron chi connectivity index (χ2n) is 5.17. The quantitative estimate of drug-likeness (QED) is 0.520. The van der Waals surface area contributed by atoms with Crippen molar-refractivity contribution in [2.24, 2.45) is 0 Å². The van der Waals surface area contributed by atoms with Crippen LogP contribution in [0.4, 0.5) is 0 Å². The summed E-state index contributed by atoms with van der Waals surface area (Å²) in [5.74, 6) is -2.22. The first-order chi connectivity index (χ1) is 11.7. The van der Waals surface area contributed by atoms with Crippen molar-refractivity contribution in [2.75, 3.05) is 0 Å². The highest BCUT2D eigenvalue weighted by atomic mass is 16.8. The zero-order valence-corrected chi connectivity index (χ0v) is 13.6. The van der Waals surface area contributed by atoms with E-state index >= 15 is 0 Å². The van der Waals surface area contributed by atoms with E-state index < -0.39 is 53.9 Å². The lowest BCUT2D eigenvalue weighted by molar-refractivity contribution is -0.198. The van der Waals surface area contributed by atoms with Crippen LogP contribution in [-0.4, -0.2) is 46.0 Å². The Bertz CT molecular complexity index is 796. The first-order valence-corrected chi connectivity index (χ1v) is 7.17. The van der Waals surface area contributed by atoms with Gasteiger partial charge in [0.15, 0.2) is 12.3 Å². The van der Waals surface area contributed by atoms with E-state index in [2.05, 4.69) is 0 Å². The topological polar surface area (TPSA) is 143 Å². The molecule has 1 saturated heterocycles. The minimum absolute atomic E-state index is 0.642. The Balaban J connectivity index is 2.46. The summed E-state index contributed by atoms with van der Waals surface area (Å²) in [7, 11) is 0. The molecule has 1 aliphatic heterocycles. The molecule has 0 radical (unpaired) electrons. The Kier molecular flexibility index (Phi) is 5.37. The molecule has 0 unspecified atom stereocenters. The number of aromatic nitrogens is 2. The minimum Gasteiger partial charge on any atom is -0.453 e. The van der Waals surface area contributed by atoms with Crippen molar-refractivity contribution in [3.63, 3.8) is 0 Å². The van der Waals surface area contributed by atoms with Crippen molar-refractivity contribution in [1.82, 2.24) is 9.55 Å². The number of nitrogens with one attached hydrogen (secondary N) is 1. The van der Waals surface area contributed by atoms with Gasteiger partial charge in [0.05, 0.1) is 0 Å². The summed E-state index contributed by atoms with van der Waals surface area (Å²) in [5, 5.41) is 0. The molecule has 11 nitrogen and oxygen atoms in total. The average Bonchev–Trinajstić information content (AvgIpc) is 2.75. The van der Waals surface area contributed by atoms with Crippen molar-refractivity contribution >= 4 is 17.9 Å². The zero-order chi connectivity index (χ0) is 18.7. The van der Waals surface area contributed by atoms with Gasteiger partial charge in [-0.05, 0) is 0 Å². The Morgan fingerprint density at radius 3 is 2.08 bits per heavy atom. The van der Waals surface area contributed by atoms with Crippen LogP contribution in [0.25, 0.3) is 0 Å². The summed E-state index contributed by atoms with van der Waals surface area (Å²) in [6, 6.07) is 1.05. The lowest BCUT2D eigenvalue weighted by atomic mass is 10.2. The smallest absolute Gasteiger partial charge is 0.330 e. The minimum atomic E-state index is -1.41. The van der Waals surface area contributed by atoms with E-state index in [9.17, 15) is 24.0 Å². The predicted molar refractivity (Wildman–Crippen MR) is 78.1 cm³/mol. The van der Waals surface area contributed by atoms with Gasteiger partial charge >= 0.3 is 23.6 Å². The highest BCUT2D eigenvalue weighted by Crippen LogP contribution is 2.33. The Labute approximate surface area is 140 Å². The maximum Gasteiger partial charge on any atom is 0.330 e. The molecule has 1 N–H and O–H groups in total. The van der Waals surface area contributed by atoms with E-state index in [1.54, 1.807) is 0 Å². The highest BCUT2D eigenvalue weighted by Gasteiger charge is 2.52. The number of ether oxygens (including phenoxy) is 4. The number of H-pyrrole nitrogens is 1. The van der Waals surface area contributed by atoms with Gasteiger partial charge in [-0.2, -0.15) is 0 Å². The van der Waals surface area contributed by atoms with Crippen LogP contribution in [-0.2, 0) is 33.3 Å². The summed E-state index contributed by atoms with van der Waals surface area (Å²) in [6.07, 6.45) is -4.16. The monoisotopic (exact) mass is 356 g/mol. The molecule has 2 rings (SSSR count). The summed E-state index contributed by atoms with van der Waals surface area (Å²) in [6.45, 7) is 3.32. The van der Waals surface area contributed by atoms with Crippen molar-refractivity contribution in [2.45, 2.75) is 45.5 Å². The molecule has 25 heavy (non-hydrogen) atoms. The van der Waals surface area contributed by atoms with Gasteiger partial charge in [0.2, 0.25) is 12.4 Å². The summed E-state index contributed by atoms with van der Waals surface area (Å²) < 4.78 is 21.5. The molecule has 1 fully saturated rings. The van der Waals surface area contributed by atoms with E-state index in [1.165, 1.54) is 0 Å². The Morgan fingerprint density at radius 2 is 1.56 bits per heavy atom. The molecule has 11 heteroatoms. The predicted octanol–water partition coefficient (Wildman–Crippen LogP) is -1.18. The molecule has 1 aromatic heterocycles. The van der Waals surface area contributed by atoms with Crippen LogP contribution in [0.5, 0.6) is 0 Å². The lowest BCUT2D eigenvalue weighted by Gasteiger charge is -2.23. The van der Waals surface area contributed by atoms with Crippen LogP contribution in [0.3, 0.4) is 0 Å². The van der Waals surface area contributed by atoms with E-state index in [0.717, 1.165) is 37.6 Å². The highest BCUT2D eigenvalue weighted by molar-refractivity contribution is 5.68. The number of nitrogens with zero attached hydrogens (tertiary/aromatic N) is 1. The fourth-order valence-electron chi connectivity index (χ4n) is 2.35. The van der Waals surface area contributed by atoms with Crippen LogP contribution in [0.1, 0.15) is 27.0 Å². The molecule has 0 aliphatic carbocycles. The van der Waals surface area contributed by atoms with E-state index in [4.69, 9.17) is 18.9 Å². The number of esters is 3. The summed E-state index contributed by atoms with van der Waals surface area (Å²) in [4.78, 5) is 59.2. The molecule has 1 aliphatic rings. The second-order valence-corrected chi connectivity index (χ2v) is 5.17. The third-order valence-electron chi connectivity index (χ3n) is 3.16. The molecular weight excluding hydrogens is 340 g/mol. The first-order valence-electron chi connectivity index (χ1n) is 7.17. The average molecular weight is 356 g/mol. The number of hydrogen-bond donors (Lipinski definition) is 1. The molecular formula is C14H16N2O9. The molecule has 136 valence electrons. The third-order valence-corrected chi connectivity index (χ3v) is 3.16. The van der Waals surface area contributed by atoms with Crippen LogP contribution in [0.15, 0.2) is 21.9 Å². The molecule has 4 atom stereocenters. The number of carbonyl (C=O) groups excluding carboxylic acids is 3. The molecule has 0 aromatic carbocycles. The van der Waals surface area contributed by atoms with Gasteiger partial charge in [-0.25, -0.2) is 4.79 Å². The number of aromatic amines is 1. The van der Waals surface area contributed by atoms with E-state index in [0.29, 0.717) is 0 Å². The fourth-order valence-corrected chi connectivity index (χ4v) is 2.35. The van der Waals surface area contributed by atoms with Gasteiger partial charge < -0.3 is 18.9 Å². The molecule has 1 aromatic rings. The van der Waals surface area contributed by atoms with Gasteiger partial charge in [0.1, 0.15) is 0 Å². The van der Waals surface area contributed by atoms with Crippen LogP contribution in [0, 0.1) is 0 Å². The van der Waals surface area contributed by atoms with Crippen molar-refractivity contribution < 1.29 is 33.3 Å². The largest absolute Gasteiger partial charge is 0.453 e. The van der Waals surface area contributed by atoms with Gasteiger partial charge in [-0.1, -0.05) is 0 Å². The van der Waals surface area contributed by atoms with Crippen molar-refractivity contribution in [3.8, 4) is 0 Å². The molecule has 0 saturated carbocycles. The van der Waals surface area contributed by atoms with Gasteiger partial charge in [0.25, 0.3) is 5.56 Å². The Morgan fingerprint density at radius 1 is 1.00 bits per heavy atom. The maximum atomic E-state index is 12.0. The maximum absolute atomic E-state index is 12.0. The molecule has 0 spiro atoms. The Hall–Kier alpha value is -2.95. The van der Waals surface area contributed by atoms with Gasteiger partial charge in [-0.15, -0.1) is 0 Å². The zero-order valence-electron chi connectivity index (χ0n) is 13.6. The van der Waals surface area contributed by atoms with Crippen molar-refractivity contribution in [1.29, 1.82) is 0 Å². The third kappa shape index (κ3) is 4.32. The number of hydrogen-bond acceptors (Lipinski definition) is 9. The summed E-state index contributed by atoms with van der Waals surface area (Å²) in [5.41, 5.74) is -1.49. The van der Waals surface area contributed by atoms with Crippen LogP contribution >= 0.6 is 0 Å². The SMILES string of the molecule is CC(=O)O[C@H]1O[C@@H](n2ccc(=O)[nH]c2=O)[C@H](OC(C)=O)[C@@H]1OC(C)=O. The van der Waals surface area contributed by atoms with Crippen molar-refractivity contribution in [3.05, 3.63) is 33.1 Å².